The maximum absolute atomic E-state index is 13.7. The second-order valence-corrected chi connectivity index (χ2v) is 8.47. The molecule has 0 spiro atoms. The number of methoxy groups -OCH3 is 1. The molecule has 8 heteroatoms. The summed E-state index contributed by atoms with van der Waals surface area (Å²) in [6.07, 6.45) is 0.523. The number of hydrogen-bond acceptors (Lipinski definition) is 6. The number of aromatic nitrogens is 3. The van der Waals surface area contributed by atoms with Crippen molar-refractivity contribution in [2.24, 2.45) is 0 Å². The van der Waals surface area contributed by atoms with E-state index in [0.717, 1.165) is 22.9 Å². The fourth-order valence-electron chi connectivity index (χ4n) is 3.85. The molecule has 0 radical (unpaired) electrons. The van der Waals surface area contributed by atoms with Gasteiger partial charge in [0.25, 0.3) is 5.56 Å². The van der Waals surface area contributed by atoms with E-state index < -0.39 is 0 Å². The smallest absolute Gasteiger partial charge is 0.283 e. The highest BCUT2D eigenvalue weighted by Crippen LogP contribution is 2.30. The summed E-state index contributed by atoms with van der Waals surface area (Å²) in [4.78, 5) is 21.9. The van der Waals surface area contributed by atoms with Crippen LogP contribution in [0, 0.1) is 6.92 Å². The summed E-state index contributed by atoms with van der Waals surface area (Å²) < 4.78 is 18.3. The van der Waals surface area contributed by atoms with Crippen molar-refractivity contribution in [1.82, 2.24) is 14.5 Å². The molecule has 0 aliphatic carbocycles. The predicted molar refractivity (Wildman–Crippen MR) is 122 cm³/mol. The van der Waals surface area contributed by atoms with E-state index >= 15 is 0 Å². The van der Waals surface area contributed by atoms with Gasteiger partial charge in [-0.15, -0.1) is 0 Å². The second-order valence-electron chi connectivity index (χ2n) is 7.41. The Morgan fingerprint density at radius 2 is 2.03 bits per heavy atom. The van der Waals surface area contributed by atoms with E-state index in [1.165, 1.54) is 11.8 Å². The monoisotopic (exact) mass is 437 g/mol. The van der Waals surface area contributed by atoms with E-state index in [0.29, 0.717) is 46.6 Å². The molecule has 4 aromatic rings. The number of nitrogens with one attached hydrogen (secondary N) is 1. The molecule has 0 saturated carbocycles. The van der Waals surface area contributed by atoms with E-state index in [1.807, 2.05) is 49.4 Å². The Morgan fingerprint density at radius 1 is 1.23 bits per heavy atom. The molecular formula is C23H23N3O4S. The van der Waals surface area contributed by atoms with E-state index in [-0.39, 0.29) is 11.8 Å². The van der Waals surface area contributed by atoms with Crippen molar-refractivity contribution in [2.75, 3.05) is 26.1 Å². The van der Waals surface area contributed by atoms with Crippen LogP contribution in [0.3, 0.4) is 0 Å². The lowest BCUT2D eigenvalue weighted by atomic mass is 10.2. The Balaban J connectivity index is 1.67. The third-order valence-corrected chi connectivity index (χ3v) is 6.32. The summed E-state index contributed by atoms with van der Waals surface area (Å²) in [6.45, 7) is 3.24. The molecule has 1 N–H and O–H groups in total. The third kappa shape index (κ3) is 3.71. The Kier molecular flexibility index (Phi) is 5.43. The zero-order valence-electron chi connectivity index (χ0n) is 17.4. The number of aryl methyl sites for hydroxylation is 1. The number of aromatic amines is 1. The predicted octanol–water partition coefficient (Wildman–Crippen LogP) is 4.04. The largest absolute Gasteiger partial charge is 0.495 e. The fraction of sp³-hybridized carbons (Fsp3) is 0.304. The van der Waals surface area contributed by atoms with Crippen LogP contribution >= 0.6 is 11.8 Å². The molecule has 2 aromatic carbocycles. The fourth-order valence-corrected chi connectivity index (χ4v) is 4.81. The minimum atomic E-state index is -0.196. The Hall–Kier alpha value is -2.81. The number of thioether (sulfide) groups is 1. The lowest BCUT2D eigenvalue weighted by Crippen LogP contribution is -2.22. The lowest BCUT2D eigenvalue weighted by molar-refractivity contribution is -0.0421. The van der Waals surface area contributed by atoms with Crippen molar-refractivity contribution in [2.45, 2.75) is 24.8 Å². The lowest BCUT2D eigenvalue weighted by Gasteiger charge is -2.16. The van der Waals surface area contributed by atoms with Crippen molar-refractivity contribution in [3.63, 3.8) is 0 Å². The highest BCUT2D eigenvalue weighted by molar-refractivity contribution is 7.99. The summed E-state index contributed by atoms with van der Waals surface area (Å²) in [5.74, 6) is 1.33. The molecule has 3 heterocycles. The van der Waals surface area contributed by atoms with Crippen LogP contribution in [-0.2, 0) is 9.47 Å². The molecule has 2 aromatic heterocycles. The standard InChI is InChI=1S/C23H23N3O4S/c1-14-7-8-18(28-2)17(13-14)26-22(27)21-20(15-5-3-4-6-16(15)24-21)25-23(26)31-12-9-19-29-10-11-30-19/h3-8,13,19,24H,9-12H2,1-2H3. The Morgan fingerprint density at radius 3 is 2.84 bits per heavy atom. The second kappa shape index (κ2) is 8.37. The van der Waals surface area contributed by atoms with Crippen LogP contribution in [0.4, 0.5) is 0 Å². The number of rotatable bonds is 6. The van der Waals surface area contributed by atoms with Gasteiger partial charge in [-0.1, -0.05) is 36.0 Å². The molecule has 5 rings (SSSR count). The SMILES string of the molecule is COc1ccc(C)cc1-n1c(SCCC2OCCO2)nc2c([nH]c3ccccc32)c1=O. The highest BCUT2D eigenvalue weighted by Gasteiger charge is 2.21. The van der Waals surface area contributed by atoms with E-state index in [1.54, 1.807) is 11.7 Å². The highest BCUT2D eigenvalue weighted by atomic mass is 32.2. The number of H-pyrrole nitrogens is 1. The van der Waals surface area contributed by atoms with Gasteiger partial charge in [0.05, 0.1) is 26.0 Å². The molecule has 0 atom stereocenters. The molecule has 31 heavy (non-hydrogen) atoms. The number of para-hydroxylation sites is 1. The topological polar surface area (TPSA) is 78.4 Å². The first-order chi connectivity index (χ1) is 15.2. The quantitative estimate of drug-likeness (QED) is 0.362. The van der Waals surface area contributed by atoms with Crippen molar-refractivity contribution in [3.8, 4) is 11.4 Å². The molecule has 1 fully saturated rings. The van der Waals surface area contributed by atoms with E-state index in [2.05, 4.69) is 4.98 Å². The first-order valence-corrected chi connectivity index (χ1v) is 11.2. The van der Waals surface area contributed by atoms with Gasteiger partial charge in [-0.05, 0) is 30.7 Å². The first-order valence-electron chi connectivity index (χ1n) is 10.2. The summed E-state index contributed by atoms with van der Waals surface area (Å²) in [7, 11) is 1.61. The molecule has 0 amide bonds. The average molecular weight is 438 g/mol. The maximum Gasteiger partial charge on any atom is 0.283 e. The molecule has 0 bridgehead atoms. The molecule has 7 nitrogen and oxygen atoms in total. The van der Waals surface area contributed by atoms with Gasteiger partial charge in [0, 0.05) is 23.1 Å². The minimum Gasteiger partial charge on any atom is -0.495 e. The van der Waals surface area contributed by atoms with Gasteiger partial charge in [-0.2, -0.15) is 0 Å². The number of hydrogen-bond donors (Lipinski definition) is 1. The van der Waals surface area contributed by atoms with Gasteiger partial charge in [-0.25, -0.2) is 9.55 Å². The first kappa shape index (κ1) is 20.1. The van der Waals surface area contributed by atoms with Crippen LogP contribution < -0.4 is 10.3 Å². The van der Waals surface area contributed by atoms with Crippen LogP contribution in [0.15, 0.2) is 52.4 Å². The molecular weight excluding hydrogens is 414 g/mol. The van der Waals surface area contributed by atoms with Crippen LogP contribution in [0.25, 0.3) is 27.6 Å². The summed E-state index contributed by atoms with van der Waals surface area (Å²) in [5, 5.41) is 1.55. The molecule has 160 valence electrons. The van der Waals surface area contributed by atoms with Crippen LogP contribution in [0.2, 0.25) is 0 Å². The normalized spacial score (nSPS) is 14.6. The number of ether oxygens (including phenoxy) is 3. The summed E-state index contributed by atoms with van der Waals surface area (Å²) >= 11 is 1.52. The van der Waals surface area contributed by atoms with Crippen LogP contribution in [-0.4, -0.2) is 46.9 Å². The van der Waals surface area contributed by atoms with Gasteiger partial charge in [0.1, 0.15) is 16.8 Å². The molecule has 1 saturated heterocycles. The number of nitrogens with zero attached hydrogens (tertiary/aromatic N) is 2. The van der Waals surface area contributed by atoms with Crippen molar-refractivity contribution >= 4 is 33.7 Å². The van der Waals surface area contributed by atoms with Gasteiger partial charge in [0.2, 0.25) is 0 Å². The number of benzene rings is 2. The summed E-state index contributed by atoms with van der Waals surface area (Å²) in [5.41, 5.74) is 3.61. The third-order valence-electron chi connectivity index (χ3n) is 5.35. The van der Waals surface area contributed by atoms with Crippen molar-refractivity contribution < 1.29 is 14.2 Å². The van der Waals surface area contributed by atoms with Crippen LogP contribution in [0.1, 0.15) is 12.0 Å². The van der Waals surface area contributed by atoms with Crippen molar-refractivity contribution in [3.05, 3.63) is 58.4 Å². The van der Waals surface area contributed by atoms with Crippen LogP contribution in [0.5, 0.6) is 5.75 Å². The van der Waals surface area contributed by atoms with E-state index in [4.69, 9.17) is 19.2 Å². The van der Waals surface area contributed by atoms with Gasteiger partial charge >= 0.3 is 0 Å². The minimum absolute atomic E-state index is 0.152. The maximum atomic E-state index is 13.7. The molecule has 0 unspecified atom stereocenters. The van der Waals surface area contributed by atoms with Gasteiger partial charge in [0.15, 0.2) is 11.4 Å². The molecule has 1 aliphatic heterocycles. The molecule has 1 aliphatic rings. The average Bonchev–Trinajstić information content (AvgIpc) is 3.42. The van der Waals surface area contributed by atoms with E-state index in [9.17, 15) is 4.79 Å². The summed E-state index contributed by atoms with van der Waals surface area (Å²) in [6, 6.07) is 13.6. The zero-order chi connectivity index (χ0) is 21.4. The number of fused-ring (bicyclic) bond motifs is 3. The van der Waals surface area contributed by atoms with Gasteiger partial charge < -0.3 is 19.2 Å². The Bertz CT molecular complexity index is 1310. The van der Waals surface area contributed by atoms with Crippen molar-refractivity contribution in [1.29, 1.82) is 0 Å². The van der Waals surface area contributed by atoms with Gasteiger partial charge in [-0.3, -0.25) is 4.79 Å². The zero-order valence-corrected chi connectivity index (χ0v) is 18.2. The Labute approximate surface area is 183 Å².